The van der Waals surface area contributed by atoms with Gasteiger partial charge in [-0.25, -0.2) is 0 Å². The first kappa shape index (κ1) is 20.0. The van der Waals surface area contributed by atoms with Crippen LogP contribution < -0.4 is 4.74 Å². The summed E-state index contributed by atoms with van der Waals surface area (Å²) in [7, 11) is 3.25. The second-order valence-electron chi connectivity index (χ2n) is 6.51. The van der Waals surface area contributed by atoms with Crippen molar-refractivity contribution < 1.29 is 9.53 Å². The Morgan fingerprint density at radius 3 is 2.67 bits per heavy atom. The number of benzene rings is 2. The summed E-state index contributed by atoms with van der Waals surface area (Å²) in [6, 6.07) is 15.8. The van der Waals surface area contributed by atoms with E-state index in [-0.39, 0.29) is 11.5 Å². The van der Waals surface area contributed by atoms with Gasteiger partial charge in [0.25, 0.3) is 5.91 Å². The minimum Gasteiger partial charge on any atom is -0.489 e. The number of carbonyl (C=O) groups excluding carboxylic acids is 1. The van der Waals surface area contributed by atoms with Gasteiger partial charge in [-0.05, 0) is 48.2 Å². The van der Waals surface area contributed by atoms with Crippen molar-refractivity contribution in [3.05, 3.63) is 82.9 Å². The average molecular weight is 360 g/mol. The molecule has 0 spiro atoms. The van der Waals surface area contributed by atoms with Crippen LogP contribution in [0.15, 0.2) is 60.7 Å². The van der Waals surface area contributed by atoms with Gasteiger partial charge >= 0.3 is 0 Å². The molecule has 0 aromatic heterocycles. The summed E-state index contributed by atoms with van der Waals surface area (Å²) in [5.41, 5.74) is 4.13. The summed E-state index contributed by atoms with van der Waals surface area (Å²) in [6.07, 6.45) is 4.03. The first-order valence-corrected chi connectivity index (χ1v) is 8.70. The molecule has 0 radical (unpaired) electrons. The van der Waals surface area contributed by atoms with Crippen LogP contribution in [-0.2, 0) is 17.8 Å². The molecule has 1 amide bonds. The Morgan fingerprint density at radius 1 is 1.26 bits per heavy atom. The Kier molecular flexibility index (Phi) is 6.96. The van der Waals surface area contributed by atoms with Gasteiger partial charge in [-0.15, -0.1) is 6.58 Å². The zero-order chi connectivity index (χ0) is 19.8. The summed E-state index contributed by atoms with van der Waals surface area (Å²) in [4.78, 5) is 13.4. The fraction of sp³-hybridized carbons (Fsp3) is 0.217. The SMILES string of the molecule is C=CCc1cc(/C=C(/C#N)C(=O)N(C)C)ccc1OCc1cccc(C)c1. The number of carbonyl (C=O) groups is 1. The maximum atomic E-state index is 12.0. The quantitative estimate of drug-likeness (QED) is 0.420. The zero-order valence-corrected chi connectivity index (χ0v) is 16.0. The summed E-state index contributed by atoms with van der Waals surface area (Å²) >= 11 is 0. The van der Waals surface area contributed by atoms with Crippen molar-refractivity contribution in [2.75, 3.05) is 14.1 Å². The third-order valence-corrected chi connectivity index (χ3v) is 3.99. The van der Waals surface area contributed by atoms with Crippen molar-refractivity contribution >= 4 is 12.0 Å². The van der Waals surface area contributed by atoms with Gasteiger partial charge in [-0.3, -0.25) is 4.79 Å². The smallest absolute Gasteiger partial charge is 0.264 e. The van der Waals surface area contributed by atoms with Crippen LogP contribution in [0.2, 0.25) is 0 Å². The van der Waals surface area contributed by atoms with Crippen LogP contribution in [0.1, 0.15) is 22.3 Å². The standard InChI is InChI=1S/C23H24N2O2/c1-5-7-20-13-18(14-21(15-24)23(26)25(3)4)10-11-22(20)27-16-19-9-6-8-17(2)12-19/h5-6,8-14H,1,7,16H2,2-4H3/b21-14-. The monoisotopic (exact) mass is 360 g/mol. The predicted molar refractivity (Wildman–Crippen MR) is 108 cm³/mol. The van der Waals surface area contributed by atoms with Gasteiger partial charge in [-0.2, -0.15) is 5.26 Å². The molecule has 138 valence electrons. The molecule has 0 saturated carbocycles. The molecule has 0 atom stereocenters. The molecule has 4 heteroatoms. The molecule has 0 heterocycles. The number of ether oxygens (including phenoxy) is 1. The number of rotatable bonds is 7. The zero-order valence-electron chi connectivity index (χ0n) is 16.0. The largest absolute Gasteiger partial charge is 0.489 e. The van der Waals surface area contributed by atoms with Crippen LogP contribution in [0.5, 0.6) is 5.75 Å². The third-order valence-electron chi connectivity index (χ3n) is 3.99. The van der Waals surface area contributed by atoms with Crippen molar-refractivity contribution in [1.82, 2.24) is 4.90 Å². The summed E-state index contributed by atoms with van der Waals surface area (Å²) in [6.45, 7) is 6.33. The van der Waals surface area contributed by atoms with Gasteiger partial charge in [-0.1, -0.05) is 42.0 Å². The van der Waals surface area contributed by atoms with E-state index in [4.69, 9.17) is 4.74 Å². The van der Waals surface area contributed by atoms with Gasteiger partial charge in [0.15, 0.2) is 0 Å². The number of nitrogens with zero attached hydrogens (tertiary/aromatic N) is 2. The number of allylic oxidation sites excluding steroid dienone is 1. The van der Waals surface area contributed by atoms with Crippen molar-refractivity contribution in [3.63, 3.8) is 0 Å². The van der Waals surface area contributed by atoms with Crippen molar-refractivity contribution in [3.8, 4) is 11.8 Å². The number of nitriles is 1. The highest BCUT2D eigenvalue weighted by atomic mass is 16.5. The average Bonchev–Trinajstić information content (AvgIpc) is 2.65. The topological polar surface area (TPSA) is 53.3 Å². The molecule has 0 unspecified atom stereocenters. The number of likely N-dealkylation sites (N-methyl/N-ethyl adjacent to an activating group) is 1. The lowest BCUT2D eigenvalue weighted by Crippen LogP contribution is -2.22. The summed E-state index contributed by atoms with van der Waals surface area (Å²) in [5.74, 6) is 0.452. The Labute approximate surface area is 161 Å². The molecular weight excluding hydrogens is 336 g/mol. The molecule has 0 aliphatic rings. The van der Waals surface area contributed by atoms with Crippen LogP contribution >= 0.6 is 0 Å². The van der Waals surface area contributed by atoms with E-state index in [1.165, 1.54) is 10.5 Å². The van der Waals surface area contributed by atoms with Gasteiger partial charge in [0, 0.05) is 14.1 Å². The highest BCUT2D eigenvalue weighted by Gasteiger charge is 2.12. The molecule has 4 nitrogen and oxygen atoms in total. The van der Waals surface area contributed by atoms with E-state index in [0.717, 1.165) is 22.4 Å². The minimum atomic E-state index is -0.317. The minimum absolute atomic E-state index is 0.0954. The number of amides is 1. The molecule has 27 heavy (non-hydrogen) atoms. The van der Waals surface area contributed by atoms with E-state index >= 15 is 0 Å². The van der Waals surface area contributed by atoms with Gasteiger partial charge in [0.1, 0.15) is 24.0 Å². The van der Waals surface area contributed by atoms with E-state index < -0.39 is 0 Å². The van der Waals surface area contributed by atoms with E-state index in [2.05, 4.69) is 25.6 Å². The highest BCUT2D eigenvalue weighted by Crippen LogP contribution is 2.24. The Hall–Kier alpha value is -3.32. The lowest BCUT2D eigenvalue weighted by atomic mass is 10.0. The summed E-state index contributed by atoms with van der Waals surface area (Å²) < 4.78 is 5.99. The maximum Gasteiger partial charge on any atom is 0.264 e. The highest BCUT2D eigenvalue weighted by molar-refractivity contribution is 6.01. The van der Waals surface area contributed by atoms with Crippen molar-refractivity contribution in [1.29, 1.82) is 5.26 Å². The first-order valence-electron chi connectivity index (χ1n) is 8.70. The summed E-state index contributed by atoms with van der Waals surface area (Å²) in [5, 5.41) is 9.26. The lowest BCUT2D eigenvalue weighted by Gasteiger charge is -2.13. The van der Waals surface area contributed by atoms with Crippen LogP contribution in [0.3, 0.4) is 0 Å². The van der Waals surface area contributed by atoms with Gasteiger partial charge in [0.05, 0.1) is 0 Å². The second kappa shape index (κ2) is 9.40. The van der Waals surface area contributed by atoms with E-state index in [1.54, 1.807) is 26.2 Å². The van der Waals surface area contributed by atoms with Crippen LogP contribution in [0.25, 0.3) is 6.08 Å². The molecule has 0 aliphatic carbocycles. The molecule has 0 aliphatic heterocycles. The van der Waals surface area contributed by atoms with E-state index in [0.29, 0.717) is 13.0 Å². The van der Waals surface area contributed by atoms with Crippen molar-refractivity contribution in [2.45, 2.75) is 20.0 Å². The van der Waals surface area contributed by atoms with Crippen LogP contribution in [-0.4, -0.2) is 24.9 Å². The first-order chi connectivity index (χ1) is 12.9. The normalized spacial score (nSPS) is 10.8. The van der Waals surface area contributed by atoms with E-state index in [1.807, 2.05) is 36.4 Å². The fourth-order valence-electron chi connectivity index (χ4n) is 2.66. The predicted octanol–water partition coefficient (Wildman–Crippen LogP) is 4.30. The fourth-order valence-corrected chi connectivity index (χ4v) is 2.66. The molecule has 0 saturated heterocycles. The third kappa shape index (κ3) is 5.58. The molecule has 2 rings (SSSR count). The Balaban J connectivity index is 2.26. The van der Waals surface area contributed by atoms with Gasteiger partial charge in [0.2, 0.25) is 0 Å². The molecule has 2 aromatic rings. The number of hydrogen-bond acceptors (Lipinski definition) is 3. The van der Waals surface area contributed by atoms with Crippen molar-refractivity contribution in [2.24, 2.45) is 0 Å². The maximum absolute atomic E-state index is 12.0. The molecule has 0 fully saturated rings. The number of hydrogen-bond donors (Lipinski definition) is 0. The lowest BCUT2D eigenvalue weighted by molar-refractivity contribution is -0.124. The van der Waals surface area contributed by atoms with E-state index in [9.17, 15) is 10.1 Å². The second-order valence-corrected chi connectivity index (χ2v) is 6.51. The number of aryl methyl sites for hydroxylation is 1. The molecule has 0 N–H and O–H groups in total. The van der Waals surface area contributed by atoms with Crippen LogP contribution in [0.4, 0.5) is 0 Å². The molecule has 0 bridgehead atoms. The molecule has 2 aromatic carbocycles. The Bertz CT molecular complexity index is 905. The van der Waals surface area contributed by atoms with Crippen LogP contribution in [0, 0.1) is 18.3 Å². The Morgan fingerprint density at radius 2 is 2.04 bits per heavy atom. The van der Waals surface area contributed by atoms with Gasteiger partial charge < -0.3 is 9.64 Å². The molecular formula is C23H24N2O2.